The summed E-state index contributed by atoms with van der Waals surface area (Å²) in [5.74, 6) is -1.04. The van der Waals surface area contributed by atoms with E-state index in [1.54, 1.807) is 38.1 Å². The fourth-order valence-electron chi connectivity index (χ4n) is 3.05. The van der Waals surface area contributed by atoms with Crippen LogP contribution in [-0.2, 0) is 0 Å². The van der Waals surface area contributed by atoms with Crippen molar-refractivity contribution in [3.05, 3.63) is 82.7 Å². The lowest BCUT2D eigenvalue weighted by Gasteiger charge is -2.06. The average Bonchev–Trinajstić information content (AvgIpc) is 3.22. The molecule has 0 saturated carbocycles. The number of furan rings is 1. The van der Waals surface area contributed by atoms with E-state index >= 15 is 0 Å². The first-order valence-corrected chi connectivity index (χ1v) is 8.51. The second-order valence-corrected chi connectivity index (χ2v) is 6.29. The molecule has 7 heteroatoms. The number of carbonyl (C=O) groups is 2. The van der Waals surface area contributed by atoms with Crippen LogP contribution in [0.1, 0.15) is 37.9 Å². The van der Waals surface area contributed by atoms with E-state index in [1.165, 1.54) is 24.3 Å². The molecule has 0 unspecified atom stereocenters. The molecular weight excluding hydrogens is 363 g/mol. The normalized spacial score (nSPS) is 11.0. The number of fused-ring (bicyclic) bond motifs is 1. The van der Waals surface area contributed by atoms with Crippen LogP contribution >= 0.6 is 0 Å². The second kappa shape index (κ2) is 6.77. The first-order valence-electron chi connectivity index (χ1n) is 8.51. The predicted octanol–water partition coefficient (Wildman–Crippen LogP) is 4.66. The highest BCUT2D eigenvalue weighted by Crippen LogP contribution is 2.33. The second-order valence-electron chi connectivity index (χ2n) is 6.29. The maximum atomic E-state index is 13.2. The molecule has 1 amide bonds. The first kappa shape index (κ1) is 17.7. The molecule has 0 aliphatic heterocycles. The predicted molar refractivity (Wildman–Crippen MR) is 100.0 cm³/mol. The van der Waals surface area contributed by atoms with Crippen molar-refractivity contribution in [3.63, 3.8) is 0 Å². The summed E-state index contributed by atoms with van der Waals surface area (Å²) in [6.07, 6.45) is 0. The smallest absolute Gasteiger partial charge is 0.261 e. The maximum Gasteiger partial charge on any atom is 0.261 e. The largest absolute Gasteiger partial charge is 0.450 e. The highest BCUT2D eigenvalue weighted by atomic mass is 19.1. The minimum Gasteiger partial charge on any atom is -0.450 e. The topological polar surface area (TPSA) is 85.3 Å². The number of halogens is 1. The van der Waals surface area contributed by atoms with Crippen LogP contribution in [0, 0.1) is 19.7 Å². The van der Waals surface area contributed by atoms with E-state index in [0.29, 0.717) is 28.0 Å². The van der Waals surface area contributed by atoms with E-state index < -0.39 is 17.5 Å². The number of nitrogens with one attached hydrogen (secondary N) is 1. The van der Waals surface area contributed by atoms with E-state index in [0.717, 1.165) is 0 Å². The Balaban J connectivity index is 1.80. The van der Waals surface area contributed by atoms with Gasteiger partial charge in [0.25, 0.3) is 5.91 Å². The van der Waals surface area contributed by atoms with Crippen LogP contribution in [0.15, 0.2) is 57.5 Å². The van der Waals surface area contributed by atoms with Crippen molar-refractivity contribution in [1.29, 1.82) is 0 Å². The summed E-state index contributed by atoms with van der Waals surface area (Å²) in [6.45, 7) is 3.29. The maximum absolute atomic E-state index is 13.2. The Hall–Kier alpha value is -3.74. The molecular formula is C21H15FN2O4. The third-order valence-electron chi connectivity index (χ3n) is 4.41. The number of hydrogen-bond donors (Lipinski definition) is 1. The number of aromatic nitrogens is 1. The molecule has 0 saturated heterocycles. The van der Waals surface area contributed by atoms with Gasteiger partial charge < -0.3 is 14.3 Å². The summed E-state index contributed by atoms with van der Waals surface area (Å²) in [6, 6.07) is 12.1. The molecule has 6 nitrogen and oxygen atoms in total. The molecule has 140 valence electrons. The zero-order valence-electron chi connectivity index (χ0n) is 15.1. The van der Waals surface area contributed by atoms with Gasteiger partial charge in [-0.2, -0.15) is 0 Å². The summed E-state index contributed by atoms with van der Waals surface area (Å²) in [4.78, 5) is 25.8. The van der Waals surface area contributed by atoms with Crippen molar-refractivity contribution in [2.75, 3.05) is 5.32 Å². The Bertz CT molecular complexity index is 1190. The van der Waals surface area contributed by atoms with Gasteiger partial charge in [0.1, 0.15) is 22.7 Å². The number of carbonyl (C=O) groups excluding carboxylic acids is 2. The Morgan fingerprint density at radius 2 is 1.75 bits per heavy atom. The van der Waals surface area contributed by atoms with Gasteiger partial charge in [0.05, 0.1) is 11.4 Å². The Labute approximate surface area is 158 Å². The van der Waals surface area contributed by atoms with Gasteiger partial charge in [0.2, 0.25) is 5.78 Å². The van der Waals surface area contributed by atoms with Crippen LogP contribution in [-0.4, -0.2) is 16.8 Å². The van der Waals surface area contributed by atoms with Crippen LogP contribution in [0.3, 0.4) is 0 Å². The average molecular weight is 378 g/mol. The van der Waals surface area contributed by atoms with Crippen LogP contribution < -0.4 is 5.32 Å². The lowest BCUT2D eigenvalue weighted by molar-refractivity contribution is 0.101. The van der Waals surface area contributed by atoms with Crippen LogP contribution in [0.2, 0.25) is 0 Å². The molecule has 4 rings (SSSR count). The Morgan fingerprint density at radius 3 is 2.43 bits per heavy atom. The summed E-state index contributed by atoms with van der Waals surface area (Å²) in [5, 5.41) is 7.11. The molecule has 0 aliphatic carbocycles. The molecule has 2 heterocycles. The van der Waals surface area contributed by atoms with E-state index in [2.05, 4.69) is 10.5 Å². The molecule has 28 heavy (non-hydrogen) atoms. The standard InChI is InChI=1S/C21H15FN2O4/c1-11-17(12(2)28-24-11)21(26)23-18-15-5-3-4-6-16(15)27-20(18)19(25)13-7-9-14(22)10-8-13/h3-10H,1-2H3,(H,23,26). The third-order valence-corrected chi connectivity index (χ3v) is 4.41. The highest BCUT2D eigenvalue weighted by molar-refractivity contribution is 6.19. The van der Waals surface area contributed by atoms with Gasteiger partial charge in [-0.15, -0.1) is 0 Å². The van der Waals surface area contributed by atoms with Gasteiger partial charge in [0.15, 0.2) is 5.76 Å². The molecule has 0 bridgehead atoms. The van der Waals surface area contributed by atoms with E-state index in [1.807, 2.05) is 0 Å². The van der Waals surface area contributed by atoms with Crippen molar-refractivity contribution in [2.45, 2.75) is 13.8 Å². The fraction of sp³-hybridized carbons (Fsp3) is 0.0952. The molecule has 0 aliphatic rings. The number of rotatable bonds is 4. The number of aryl methyl sites for hydroxylation is 2. The number of amides is 1. The van der Waals surface area contributed by atoms with Crippen LogP contribution in [0.25, 0.3) is 11.0 Å². The molecule has 4 aromatic rings. The van der Waals surface area contributed by atoms with E-state index in [-0.39, 0.29) is 17.0 Å². The summed E-state index contributed by atoms with van der Waals surface area (Å²) in [7, 11) is 0. The van der Waals surface area contributed by atoms with Crippen LogP contribution in [0.4, 0.5) is 10.1 Å². The zero-order chi connectivity index (χ0) is 19.8. The number of hydrogen-bond acceptors (Lipinski definition) is 5. The summed E-state index contributed by atoms with van der Waals surface area (Å²) < 4.78 is 24.0. The minimum absolute atomic E-state index is 0.0343. The third kappa shape index (κ3) is 2.96. The van der Waals surface area contributed by atoms with E-state index in [9.17, 15) is 14.0 Å². The monoisotopic (exact) mass is 378 g/mol. The van der Waals surface area contributed by atoms with Gasteiger partial charge >= 0.3 is 0 Å². The zero-order valence-corrected chi connectivity index (χ0v) is 15.1. The van der Waals surface area contributed by atoms with Crippen molar-refractivity contribution in [3.8, 4) is 0 Å². The Kier molecular flexibility index (Phi) is 4.27. The summed E-state index contributed by atoms with van der Waals surface area (Å²) in [5.41, 5.74) is 1.67. The fourth-order valence-corrected chi connectivity index (χ4v) is 3.05. The number of anilines is 1. The van der Waals surface area contributed by atoms with Crippen LogP contribution in [0.5, 0.6) is 0 Å². The summed E-state index contributed by atoms with van der Waals surface area (Å²) >= 11 is 0. The lowest BCUT2D eigenvalue weighted by Crippen LogP contribution is -2.15. The van der Waals surface area contributed by atoms with Gasteiger partial charge in [-0.25, -0.2) is 4.39 Å². The molecule has 0 fully saturated rings. The van der Waals surface area contributed by atoms with Crippen molar-refractivity contribution in [2.24, 2.45) is 0 Å². The number of benzene rings is 2. The van der Waals surface area contributed by atoms with Crippen molar-refractivity contribution in [1.82, 2.24) is 5.16 Å². The lowest BCUT2D eigenvalue weighted by atomic mass is 10.1. The van der Waals surface area contributed by atoms with Gasteiger partial charge in [-0.1, -0.05) is 17.3 Å². The van der Waals surface area contributed by atoms with E-state index in [4.69, 9.17) is 8.94 Å². The first-order chi connectivity index (χ1) is 13.5. The van der Waals surface area contributed by atoms with Crippen molar-refractivity contribution >= 4 is 28.3 Å². The van der Waals surface area contributed by atoms with Gasteiger partial charge in [0, 0.05) is 10.9 Å². The molecule has 2 aromatic carbocycles. The van der Waals surface area contributed by atoms with Gasteiger partial charge in [-0.05, 0) is 50.2 Å². The number of ketones is 1. The van der Waals surface area contributed by atoms with Gasteiger partial charge in [-0.3, -0.25) is 9.59 Å². The SMILES string of the molecule is Cc1noc(C)c1C(=O)Nc1c(C(=O)c2ccc(F)cc2)oc2ccccc12. The molecule has 0 spiro atoms. The Morgan fingerprint density at radius 1 is 1.04 bits per heavy atom. The molecule has 2 aromatic heterocycles. The molecule has 0 atom stereocenters. The highest BCUT2D eigenvalue weighted by Gasteiger charge is 2.26. The number of nitrogens with zero attached hydrogens (tertiary/aromatic N) is 1. The molecule has 0 radical (unpaired) electrons. The quantitative estimate of drug-likeness (QED) is 0.522. The molecule has 1 N–H and O–H groups in total. The number of para-hydroxylation sites is 1. The minimum atomic E-state index is -0.467. The van der Waals surface area contributed by atoms with Crippen molar-refractivity contribution < 1.29 is 22.9 Å².